The third kappa shape index (κ3) is 3.31. The van der Waals surface area contributed by atoms with Crippen molar-refractivity contribution >= 4 is 62.3 Å². The maximum atomic E-state index is 10.6. The molecule has 0 aliphatic rings. The number of hydrogen-bond donors (Lipinski definition) is 1. The van der Waals surface area contributed by atoms with Crippen LogP contribution in [0.4, 0.5) is 0 Å². The fraction of sp³-hybridized carbons (Fsp3) is 0. The molecule has 1 aromatic rings. The Morgan fingerprint density at radius 3 is 2.08 bits per heavy atom. The van der Waals surface area contributed by atoms with Crippen LogP contribution in [0.2, 0.25) is 0 Å². The molecule has 0 saturated carbocycles. The molecule has 0 atom stereocenters. The second-order valence-electron chi connectivity index (χ2n) is 1.91. The van der Waals surface area contributed by atoms with Crippen LogP contribution in [0.5, 0.6) is 0 Å². The number of hydrogen-bond acceptors (Lipinski definition) is 2. The Bertz CT molecular complexity index is 363. The Morgan fingerprint density at radius 1 is 1.25 bits per heavy atom. The second-order valence-corrected chi connectivity index (χ2v) is 4.46. The zero-order valence-electron chi connectivity index (χ0n) is 6.36. The standard InChI is InChI=1S/C6H5IO3S.Na/c7-5-3-1-2-4-6(5)11(8,9)10;/h1-4H,(H,8,9,10);. The van der Waals surface area contributed by atoms with E-state index in [2.05, 4.69) is 0 Å². The predicted molar refractivity (Wildman–Crippen MR) is 54.7 cm³/mol. The molecule has 1 N–H and O–H groups in total. The molecule has 1 radical (unpaired) electrons. The molecule has 0 aliphatic heterocycles. The van der Waals surface area contributed by atoms with Crippen LogP contribution in [0.1, 0.15) is 0 Å². The van der Waals surface area contributed by atoms with Crippen molar-refractivity contribution in [2.75, 3.05) is 0 Å². The van der Waals surface area contributed by atoms with E-state index < -0.39 is 10.1 Å². The smallest absolute Gasteiger partial charge is 0.282 e. The molecule has 1 aromatic carbocycles. The fourth-order valence-electron chi connectivity index (χ4n) is 0.654. The van der Waals surface area contributed by atoms with Gasteiger partial charge in [-0.15, -0.1) is 0 Å². The maximum absolute atomic E-state index is 10.6. The van der Waals surface area contributed by atoms with Gasteiger partial charge in [0.2, 0.25) is 0 Å². The quantitative estimate of drug-likeness (QED) is 0.481. The summed E-state index contributed by atoms with van der Waals surface area (Å²) in [5.74, 6) is 0. The van der Waals surface area contributed by atoms with Crippen molar-refractivity contribution < 1.29 is 13.0 Å². The van der Waals surface area contributed by atoms with E-state index in [0.29, 0.717) is 3.57 Å². The van der Waals surface area contributed by atoms with Crippen LogP contribution < -0.4 is 0 Å². The van der Waals surface area contributed by atoms with E-state index in [4.69, 9.17) is 4.55 Å². The zero-order valence-corrected chi connectivity index (χ0v) is 11.3. The van der Waals surface area contributed by atoms with Gasteiger partial charge in [-0.2, -0.15) is 8.42 Å². The Kier molecular flexibility index (Phi) is 5.27. The molecule has 0 unspecified atom stereocenters. The van der Waals surface area contributed by atoms with Gasteiger partial charge in [-0.1, -0.05) is 12.1 Å². The van der Waals surface area contributed by atoms with Crippen LogP contribution in [0.25, 0.3) is 0 Å². The summed E-state index contributed by atoms with van der Waals surface area (Å²) < 4.78 is 30.4. The summed E-state index contributed by atoms with van der Waals surface area (Å²) in [5.41, 5.74) is 0. The van der Waals surface area contributed by atoms with Gasteiger partial charge in [-0.05, 0) is 34.7 Å². The molecule has 12 heavy (non-hydrogen) atoms. The van der Waals surface area contributed by atoms with Gasteiger partial charge in [-0.25, -0.2) is 0 Å². The third-order valence-corrected chi connectivity index (χ3v) is 3.33. The van der Waals surface area contributed by atoms with E-state index in [-0.39, 0.29) is 34.5 Å². The van der Waals surface area contributed by atoms with Gasteiger partial charge in [0.25, 0.3) is 10.1 Å². The van der Waals surface area contributed by atoms with Crippen LogP contribution in [-0.4, -0.2) is 42.5 Å². The summed E-state index contributed by atoms with van der Waals surface area (Å²) in [6.07, 6.45) is 0. The second kappa shape index (κ2) is 4.92. The van der Waals surface area contributed by atoms with Gasteiger partial charge in [0, 0.05) is 33.1 Å². The van der Waals surface area contributed by atoms with Crippen LogP contribution in [0.15, 0.2) is 29.2 Å². The van der Waals surface area contributed by atoms with Crippen molar-refractivity contribution in [3.05, 3.63) is 27.8 Å². The first-order valence-corrected chi connectivity index (χ1v) is 5.26. The summed E-state index contributed by atoms with van der Waals surface area (Å²) >= 11 is 1.85. The Balaban J connectivity index is 0.00000121. The van der Waals surface area contributed by atoms with Gasteiger partial charge in [0.1, 0.15) is 4.90 Å². The van der Waals surface area contributed by atoms with Crippen LogP contribution in [0.3, 0.4) is 0 Å². The van der Waals surface area contributed by atoms with Gasteiger partial charge in [-0.3, -0.25) is 4.55 Å². The van der Waals surface area contributed by atoms with Crippen molar-refractivity contribution in [2.45, 2.75) is 4.90 Å². The van der Waals surface area contributed by atoms with Gasteiger partial charge in [0.15, 0.2) is 0 Å². The largest absolute Gasteiger partial charge is 0.295 e. The number of halogens is 1. The average Bonchev–Trinajstić information content (AvgIpc) is 1.86. The molecule has 0 aromatic heterocycles. The molecule has 61 valence electrons. The van der Waals surface area contributed by atoms with E-state index in [9.17, 15) is 8.42 Å². The molecule has 0 heterocycles. The summed E-state index contributed by atoms with van der Waals surface area (Å²) in [6, 6.07) is 6.24. The Morgan fingerprint density at radius 2 is 1.75 bits per heavy atom. The Labute approximate surface area is 107 Å². The zero-order chi connectivity index (χ0) is 8.48. The van der Waals surface area contributed by atoms with Gasteiger partial charge < -0.3 is 0 Å². The molecule has 0 saturated heterocycles. The minimum atomic E-state index is -4.04. The maximum Gasteiger partial charge on any atom is 0.295 e. The van der Waals surface area contributed by atoms with E-state index in [1.807, 2.05) is 22.6 Å². The average molecular weight is 307 g/mol. The van der Waals surface area contributed by atoms with Gasteiger partial charge in [0.05, 0.1) is 0 Å². The SMILES string of the molecule is O=S(=O)(O)c1ccccc1I.[Na]. The van der Waals surface area contributed by atoms with E-state index in [1.54, 1.807) is 18.2 Å². The van der Waals surface area contributed by atoms with Crippen molar-refractivity contribution in [1.29, 1.82) is 0 Å². The third-order valence-electron chi connectivity index (χ3n) is 1.11. The first-order chi connectivity index (χ1) is 5.02. The molecule has 0 aliphatic carbocycles. The van der Waals surface area contributed by atoms with E-state index >= 15 is 0 Å². The number of rotatable bonds is 1. The van der Waals surface area contributed by atoms with Crippen LogP contribution in [0, 0.1) is 3.57 Å². The minimum Gasteiger partial charge on any atom is -0.282 e. The fourth-order valence-corrected chi connectivity index (χ4v) is 2.44. The van der Waals surface area contributed by atoms with E-state index in [0.717, 1.165) is 0 Å². The van der Waals surface area contributed by atoms with Crippen LogP contribution in [-0.2, 0) is 10.1 Å². The van der Waals surface area contributed by atoms with Crippen LogP contribution >= 0.6 is 22.6 Å². The molecule has 3 nitrogen and oxygen atoms in total. The monoisotopic (exact) mass is 307 g/mol. The number of benzene rings is 1. The van der Waals surface area contributed by atoms with Crippen molar-refractivity contribution in [2.24, 2.45) is 0 Å². The summed E-state index contributed by atoms with van der Waals surface area (Å²) in [7, 11) is -4.04. The van der Waals surface area contributed by atoms with Crippen molar-refractivity contribution in [3.63, 3.8) is 0 Å². The van der Waals surface area contributed by atoms with E-state index in [1.165, 1.54) is 6.07 Å². The summed E-state index contributed by atoms with van der Waals surface area (Å²) in [5, 5.41) is 0. The molecule has 1 rings (SSSR count). The molecule has 0 fully saturated rings. The van der Waals surface area contributed by atoms with Crippen molar-refractivity contribution in [1.82, 2.24) is 0 Å². The molecular weight excluding hydrogens is 302 g/mol. The van der Waals surface area contributed by atoms with Crippen molar-refractivity contribution in [3.8, 4) is 0 Å². The molecule has 6 heteroatoms. The van der Waals surface area contributed by atoms with Gasteiger partial charge >= 0.3 is 0 Å². The molecule has 0 bridgehead atoms. The summed E-state index contributed by atoms with van der Waals surface area (Å²) in [6.45, 7) is 0. The Hall–Kier alpha value is 0.860. The topological polar surface area (TPSA) is 54.4 Å². The predicted octanol–water partition coefficient (Wildman–Crippen LogP) is 1.16. The first-order valence-electron chi connectivity index (χ1n) is 2.74. The molecule has 0 amide bonds. The minimum absolute atomic E-state index is 0. The molecular formula is C6H5INaO3S. The summed E-state index contributed by atoms with van der Waals surface area (Å²) in [4.78, 5) is -0.0411. The molecule has 0 spiro atoms. The first kappa shape index (κ1) is 12.9. The normalized spacial score (nSPS) is 10.5.